The molecule has 0 aliphatic carbocycles. The third-order valence-electron chi connectivity index (χ3n) is 2.27. The predicted octanol–water partition coefficient (Wildman–Crippen LogP) is 2.20. The van der Waals surface area contributed by atoms with Crippen molar-refractivity contribution in [1.82, 2.24) is 4.98 Å². The Morgan fingerprint density at radius 1 is 1.47 bits per heavy atom. The average Bonchev–Trinajstić information content (AvgIpc) is 2.81. The van der Waals surface area contributed by atoms with E-state index in [1.807, 2.05) is 22.9 Å². The molecule has 0 saturated carbocycles. The first-order valence-corrected chi connectivity index (χ1v) is 5.53. The minimum Gasteiger partial charge on any atom is -0.495 e. The van der Waals surface area contributed by atoms with Gasteiger partial charge in [0.1, 0.15) is 5.75 Å². The Bertz CT molecular complexity index is 428. The van der Waals surface area contributed by atoms with Crippen molar-refractivity contribution in [2.24, 2.45) is 5.73 Å². The third-order valence-corrected chi connectivity index (χ3v) is 2.98. The van der Waals surface area contributed by atoms with Gasteiger partial charge in [0.05, 0.1) is 19.3 Å². The van der Waals surface area contributed by atoms with Crippen LogP contribution in [0.1, 0.15) is 17.2 Å². The van der Waals surface area contributed by atoms with Crippen molar-refractivity contribution >= 4 is 11.3 Å². The summed E-state index contributed by atoms with van der Waals surface area (Å²) in [6.45, 7) is 0. The molecule has 0 radical (unpaired) electrons. The van der Waals surface area contributed by atoms with Crippen LogP contribution in [0.5, 0.6) is 5.75 Å². The van der Waals surface area contributed by atoms with Crippen molar-refractivity contribution < 1.29 is 4.74 Å². The second-order valence-electron chi connectivity index (χ2n) is 3.15. The Morgan fingerprint density at radius 2 is 2.33 bits per heavy atom. The number of rotatable bonds is 3. The van der Waals surface area contributed by atoms with Crippen LogP contribution in [0.25, 0.3) is 0 Å². The highest BCUT2D eigenvalue weighted by Gasteiger charge is 2.13. The summed E-state index contributed by atoms with van der Waals surface area (Å²) in [5.74, 6) is 0.733. The largest absolute Gasteiger partial charge is 0.495 e. The number of nitrogens with zero attached hydrogens (tertiary/aromatic N) is 1. The van der Waals surface area contributed by atoms with Crippen molar-refractivity contribution in [2.45, 2.75) is 6.04 Å². The van der Waals surface area contributed by atoms with Crippen molar-refractivity contribution in [2.75, 3.05) is 7.11 Å². The first-order chi connectivity index (χ1) is 7.33. The molecule has 0 aromatic carbocycles. The number of nitrogens with two attached hydrogens (primary N) is 1. The molecule has 78 valence electrons. The number of aromatic nitrogens is 1. The summed E-state index contributed by atoms with van der Waals surface area (Å²) in [5.41, 5.74) is 8.20. The van der Waals surface area contributed by atoms with Crippen LogP contribution in [0.15, 0.2) is 35.3 Å². The van der Waals surface area contributed by atoms with Gasteiger partial charge in [0.25, 0.3) is 0 Å². The second kappa shape index (κ2) is 4.42. The van der Waals surface area contributed by atoms with Gasteiger partial charge >= 0.3 is 0 Å². The predicted molar refractivity (Wildman–Crippen MR) is 61.1 cm³/mol. The number of hydrogen-bond donors (Lipinski definition) is 1. The zero-order valence-electron chi connectivity index (χ0n) is 8.38. The number of methoxy groups -OCH3 is 1. The zero-order valence-corrected chi connectivity index (χ0v) is 9.20. The van der Waals surface area contributed by atoms with E-state index >= 15 is 0 Å². The Labute approximate surface area is 92.5 Å². The van der Waals surface area contributed by atoms with Crippen LogP contribution in [-0.2, 0) is 0 Å². The number of ether oxygens (including phenoxy) is 1. The van der Waals surface area contributed by atoms with Crippen molar-refractivity contribution in [1.29, 1.82) is 0 Å². The number of pyridine rings is 1. The standard InChI is InChI=1S/C11H12N2OS/c1-14-10-6-13-4-2-9(10)11(12)8-3-5-15-7-8/h2-7,11H,12H2,1H3. The smallest absolute Gasteiger partial charge is 0.142 e. The fourth-order valence-corrected chi connectivity index (χ4v) is 2.15. The first-order valence-electron chi connectivity index (χ1n) is 4.58. The van der Waals surface area contributed by atoms with E-state index in [0.717, 1.165) is 16.9 Å². The Balaban J connectivity index is 2.37. The molecular weight excluding hydrogens is 208 g/mol. The second-order valence-corrected chi connectivity index (χ2v) is 3.93. The molecule has 0 amide bonds. The van der Waals surface area contributed by atoms with E-state index in [9.17, 15) is 0 Å². The van der Waals surface area contributed by atoms with Crippen LogP contribution in [-0.4, -0.2) is 12.1 Å². The van der Waals surface area contributed by atoms with E-state index < -0.39 is 0 Å². The molecule has 2 rings (SSSR count). The molecule has 0 bridgehead atoms. The van der Waals surface area contributed by atoms with E-state index in [1.165, 1.54) is 0 Å². The summed E-state index contributed by atoms with van der Waals surface area (Å²) in [7, 11) is 1.63. The summed E-state index contributed by atoms with van der Waals surface area (Å²) in [5, 5.41) is 4.06. The molecule has 0 spiro atoms. The summed E-state index contributed by atoms with van der Waals surface area (Å²) < 4.78 is 5.23. The van der Waals surface area contributed by atoms with E-state index in [0.29, 0.717) is 0 Å². The maximum absolute atomic E-state index is 6.14. The van der Waals surface area contributed by atoms with Gasteiger partial charge in [-0.25, -0.2) is 0 Å². The van der Waals surface area contributed by atoms with Crippen LogP contribution in [0.4, 0.5) is 0 Å². The molecule has 0 aliphatic heterocycles. The molecule has 3 nitrogen and oxygen atoms in total. The van der Waals surface area contributed by atoms with Gasteiger partial charge in [0.2, 0.25) is 0 Å². The van der Waals surface area contributed by atoms with Crippen molar-refractivity contribution in [3.63, 3.8) is 0 Å². The lowest BCUT2D eigenvalue weighted by molar-refractivity contribution is 0.406. The summed E-state index contributed by atoms with van der Waals surface area (Å²) in [6.07, 6.45) is 3.41. The molecular formula is C11H12N2OS. The lowest BCUT2D eigenvalue weighted by Crippen LogP contribution is -2.12. The topological polar surface area (TPSA) is 48.1 Å². The monoisotopic (exact) mass is 220 g/mol. The Kier molecular flexibility index (Phi) is 2.99. The molecule has 4 heteroatoms. The lowest BCUT2D eigenvalue weighted by Gasteiger charge is -2.13. The normalized spacial score (nSPS) is 12.4. The highest BCUT2D eigenvalue weighted by Crippen LogP contribution is 2.28. The van der Waals surface area contributed by atoms with Gasteiger partial charge in [-0.3, -0.25) is 4.98 Å². The molecule has 0 aliphatic rings. The Morgan fingerprint density at radius 3 is 3.00 bits per heavy atom. The summed E-state index contributed by atoms with van der Waals surface area (Å²) in [6, 6.07) is 3.77. The summed E-state index contributed by atoms with van der Waals surface area (Å²) in [4.78, 5) is 4.00. The van der Waals surface area contributed by atoms with Crippen LogP contribution < -0.4 is 10.5 Å². The molecule has 0 saturated heterocycles. The van der Waals surface area contributed by atoms with Gasteiger partial charge in [0, 0.05) is 11.8 Å². The van der Waals surface area contributed by atoms with Crippen LogP contribution >= 0.6 is 11.3 Å². The number of thiophene rings is 1. The fourth-order valence-electron chi connectivity index (χ4n) is 1.45. The van der Waals surface area contributed by atoms with E-state index in [2.05, 4.69) is 4.98 Å². The van der Waals surface area contributed by atoms with E-state index in [1.54, 1.807) is 30.8 Å². The van der Waals surface area contributed by atoms with Crippen LogP contribution in [0.2, 0.25) is 0 Å². The quantitative estimate of drug-likeness (QED) is 0.862. The number of hydrogen-bond acceptors (Lipinski definition) is 4. The maximum Gasteiger partial charge on any atom is 0.142 e. The maximum atomic E-state index is 6.14. The van der Waals surface area contributed by atoms with Crippen LogP contribution in [0.3, 0.4) is 0 Å². The van der Waals surface area contributed by atoms with Gasteiger partial charge in [-0.15, -0.1) is 0 Å². The molecule has 0 fully saturated rings. The fraction of sp³-hybridized carbons (Fsp3) is 0.182. The van der Waals surface area contributed by atoms with Gasteiger partial charge in [0.15, 0.2) is 0 Å². The third kappa shape index (κ3) is 2.00. The summed E-state index contributed by atoms with van der Waals surface area (Å²) >= 11 is 1.64. The minimum atomic E-state index is -0.144. The highest BCUT2D eigenvalue weighted by atomic mass is 32.1. The average molecular weight is 220 g/mol. The van der Waals surface area contributed by atoms with E-state index in [-0.39, 0.29) is 6.04 Å². The van der Waals surface area contributed by atoms with Crippen molar-refractivity contribution in [3.8, 4) is 5.75 Å². The van der Waals surface area contributed by atoms with Gasteiger partial charge in [-0.2, -0.15) is 11.3 Å². The van der Waals surface area contributed by atoms with Gasteiger partial charge in [-0.1, -0.05) is 0 Å². The first kappa shape index (κ1) is 10.1. The minimum absolute atomic E-state index is 0.144. The Hall–Kier alpha value is -1.39. The zero-order chi connectivity index (χ0) is 10.7. The molecule has 2 N–H and O–H groups in total. The SMILES string of the molecule is COc1cnccc1C(N)c1ccsc1. The molecule has 1 unspecified atom stereocenters. The van der Waals surface area contributed by atoms with Gasteiger partial charge < -0.3 is 10.5 Å². The molecule has 15 heavy (non-hydrogen) atoms. The van der Waals surface area contributed by atoms with Crippen molar-refractivity contribution in [3.05, 3.63) is 46.4 Å². The van der Waals surface area contributed by atoms with E-state index in [4.69, 9.17) is 10.5 Å². The molecule has 2 aromatic heterocycles. The molecule has 2 aromatic rings. The highest BCUT2D eigenvalue weighted by molar-refractivity contribution is 7.08. The lowest BCUT2D eigenvalue weighted by atomic mass is 10.0. The molecule has 2 heterocycles. The van der Waals surface area contributed by atoms with Crippen LogP contribution in [0, 0.1) is 0 Å². The molecule has 1 atom stereocenters. The van der Waals surface area contributed by atoms with Gasteiger partial charge in [-0.05, 0) is 28.5 Å².